The number of rotatable bonds is 9. The highest BCUT2D eigenvalue weighted by Crippen LogP contribution is 2.26. The van der Waals surface area contributed by atoms with Crippen molar-refractivity contribution in [3.8, 4) is 5.75 Å². The Bertz CT molecular complexity index is 627. The van der Waals surface area contributed by atoms with Gasteiger partial charge in [-0.3, -0.25) is 4.79 Å². The highest BCUT2D eigenvalue weighted by molar-refractivity contribution is 7.89. The summed E-state index contributed by atoms with van der Waals surface area (Å²) in [7, 11) is 0.600. The van der Waals surface area contributed by atoms with Crippen molar-refractivity contribution < 1.29 is 17.9 Å². The maximum Gasteiger partial charge on any atom is 0.251 e. The third kappa shape index (κ3) is 5.21. The predicted octanol–water partition coefficient (Wildman–Crippen LogP) is 2.26. The van der Waals surface area contributed by atoms with E-state index in [1.54, 1.807) is 6.07 Å². The lowest BCUT2D eigenvalue weighted by Gasteiger charge is -2.15. The number of carbonyl (C=O) groups excluding carboxylic acids is 1. The lowest BCUT2D eigenvalue weighted by molar-refractivity contribution is 0.0952. The third-order valence-electron chi connectivity index (χ3n) is 3.50. The first-order valence-corrected chi connectivity index (χ1v) is 9.17. The van der Waals surface area contributed by atoms with Crippen LogP contribution in [0.5, 0.6) is 5.75 Å². The van der Waals surface area contributed by atoms with E-state index in [4.69, 9.17) is 4.74 Å². The minimum Gasteiger partial charge on any atom is -0.495 e. The Morgan fingerprint density at radius 2 is 1.91 bits per heavy atom. The number of methoxy groups -OCH3 is 1. The molecule has 1 amide bonds. The molecule has 1 N–H and O–H groups in total. The molecule has 0 fully saturated rings. The molecule has 0 spiro atoms. The van der Waals surface area contributed by atoms with Gasteiger partial charge in [0.05, 0.1) is 7.11 Å². The lowest BCUT2D eigenvalue weighted by atomic mass is 10.2. The zero-order valence-electron chi connectivity index (χ0n) is 14.3. The van der Waals surface area contributed by atoms with Gasteiger partial charge in [-0.2, -0.15) is 0 Å². The van der Waals surface area contributed by atoms with Crippen molar-refractivity contribution in [1.82, 2.24) is 9.62 Å². The third-order valence-corrected chi connectivity index (χ3v) is 5.34. The monoisotopic (exact) mass is 342 g/mol. The van der Waals surface area contributed by atoms with Gasteiger partial charge in [-0.1, -0.05) is 26.2 Å². The molecular weight excluding hydrogens is 316 g/mol. The lowest BCUT2D eigenvalue weighted by Crippen LogP contribution is -2.26. The number of unbranched alkanes of at least 4 members (excludes halogenated alkanes) is 3. The van der Waals surface area contributed by atoms with Gasteiger partial charge in [0.1, 0.15) is 10.6 Å². The van der Waals surface area contributed by atoms with E-state index >= 15 is 0 Å². The van der Waals surface area contributed by atoms with Gasteiger partial charge in [0, 0.05) is 26.2 Å². The number of nitrogens with one attached hydrogen (secondary N) is 1. The van der Waals surface area contributed by atoms with Gasteiger partial charge in [0.25, 0.3) is 5.91 Å². The molecule has 1 rings (SSSR count). The summed E-state index contributed by atoms with van der Waals surface area (Å²) < 4.78 is 30.9. The molecule has 23 heavy (non-hydrogen) atoms. The van der Waals surface area contributed by atoms with Crippen molar-refractivity contribution in [2.24, 2.45) is 0 Å². The molecule has 0 radical (unpaired) electrons. The predicted molar refractivity (Wildman–Crippen MR) is 90.3 cm³/mol. The average Bonchev–Trinajstić information content (AvgIpc) is 2.53. The van der Waals surface area contributed by atoms with Crippen LogP contribution in [0, 0.1) is 0 Å². The second kappa shape index (κ2) is 8.88. The standard InChI is InChI=1S/C16H26N2O4S/c1-5-6-7-8-11-17-16(19)13-9-10-14(22-4)15(12-13)23(20,21)18(2)3/h9-10,12H,5-8,11H2,1-4H3,(H,17,19). The smallest absolute Gasteiger partial charge is 0.251 e. The first-order valence-electron chi connectivity index (χ1n) is 7.73. The van der Waals surface area contributed by atoms with Crippen molar-refractivity contribution in [2.75, 3.05) is 27.7 Å². The number of ether oxygens (including phenoxy) is 1. The molecule has 0 aromatic heterocycles. The summed E-state index contributed by atoms with van der Waals surface area (Å²) in [5.74, 6) is -0.0578. The van der Waals surface area contributed by atoms with Gasteiger partial charge < -0.3 is 10.1 Å². The number of nitrogens with zero attached hydrogens (tertiary/aromatic N) is 1. The molecule has 0 aliphatic heterocycles. The minimum absolute atomic E-state index is 0.0105. The highest BCUT2D eigenvalue weighted by Gasteiger charge is 2.23. The Morgan fingerprint density at radius 1 is 1.22 bits per heavy atom. The second-order valence-electron chi connectivity index (χ2n) is 5.47. The van der Waals surface area contributed by atoms with Gasteiger partial charge >= 0.3 is 0 Å². The van der Waals surface area contributed by atoms with Gasteiger partial charge in [-0.05, 0) is 24.6 Å². The van der Waals surface area contributed by atoms with E-state index in [0.29, 0.717) is 12.1 Å². The van der Waals surface area contributed by atoms with E-state index in [0.717, 1.165) is 30.0 Å². The van der Waals surface area contributed by atoms with E-state index in [1.807, 2.05) is 0 Å². The molecule has 7 heteroatoms. The molecule has 0 saturated heterocycles. The van der Waals surface area contributed by atoms with Crippen molar-refractivity contribution in [2.45, 2.75) is 37.5 Å². The fourth-order valence-electron chi connectivity index (χ4n) is 2.07. The van der Waals surface area contributed by atoms with Crippen LogP contribution < -0.4 is 10.1 Å². The summed E-state index contributed by atoms with van der Waals surface area (Å²) in [5, 5.41) is 2.82. The zero-order valence-corrected chi connectivity index (χ0v) is 15.1. The van der Waals surface area contributed by atoms with Crippen LogP contribution in [0.3, 0.4) is 0 Å². The summed E-state index contributed by atoms with van der Waals surface area (Å²) in [6, 6.07) is 4.42. The maximum absolute atomic E-state index is 12.3. The normalized spacial score (nSPS) is 11.5. The van der Waals surface area contributed by atoms with Gasteiger partial charge in [-0.15, -0.1) is 0 Å². The van der Waals surface area contributed by atoms with Crippen LogP contribution in [-0.4, -0.2) is 46.4 Å². The topological polar surface area (TPSA) is 75.7 Å². The first kappa shape index (κ1) is 19.4. The number of amides is 1. The van der Waals surface area contributed by atoms with Crippen molar-refractivity contribution >= 4 is 15.9 Å². The largest absolute Gasteiger partial charge is 0.495 e. The van der Waals surface area contributed by atoms with Crippen LogP contribution in [0.15, 0.2) is 23.1 Å². The Labute approximate surface area is 138 Å². The molecule has 6 nitrogen and oxygen atoms in total. The number of sulfonamides is 1. The molecule has 130 valence electrons. The number of carbonyl (C=O) groups is 1. The van der Waals surface area contributed by atoms with Gasteiger partial charge in [-0.25, -0.2) is 12.7 Å². The fraction of sp³-hybridized carbons (Fsp3) is 0.562. The summed E-state index contributed by atoms with van der Waals surface area (Å²) >= 11 is 0. The summed E-state index contributed by atoms with van der Waals surface area (Å²) in [6.07, 6.45) is 4.26. The van der Waals surface area contributed by atoms with Crippen LogP contribution in [0.4, 0.5) is 0 Å². The van der Waals surface area contributed by atoms with E-state index in [9.17, 15) is 13.2 Å². The summed E-state index contributed by atoms with van der Waals surface area (Å²) in [4.78, 5) is 12.2. The molecule has 1 aromatic carbocycles. The van der Waals surface area contributed by atoms with E-state index in [-0.39, 0.29) is 16.6 Å². The minimum atomic E-state index is -3.68. The zero-order chi connectivity index (χ0) is 17.5. The number of hydrogen-bond acceptors (Lipinski definition) is 4. The molecule has 0 atom stereocenters. The fourth-order valence-corrected chi connectivity index (χ4v) is 3.15. The van der Waals surface area contributed by atoms with Crippen LogP contribution in [0.25, 0.3) is 0 Å². The quantitative estimate of drug-likeness (QED) is 0.699. The highest BCUT2D eigenvalue weighted by atomic mass is 32.2. The Hall–Kier alpha value is -1.60. The molecule has 0 saturated carbocycles. The molecule has 0 unspecified atom stereocenters. The average molecular weight is 342 g/mol. The van der Waals surface area contributed by atoms with Gasteiger partial charge in [0.15, 0.2) is 0 Å². The molecular formula is C16H26N2O4S. The molecule has 0 bridgehead atoms. The van der Waals surface area contributed by atoms with Crippen molar-refractivity contribution in [1.29, 1.82) is 0 Å². The second-order valence-corrected chi connectivity index (χ2v) is 7.59. The van der Waals surface area contributed by atoms with Crippen molar-refractivity contribution in [3.05, 3.63) is 23.8 Å². The van der Waals surface area contributed by atoms with Crippen LogP contribution in [0.1, 0.15) is 43.0 Å². The van der Waals surface area contributed by atoms with Crippen LogP contribution in [0.2, 0.25) is 0 Å². The number of benzene rings is 1. The Balaban J connectivity index is 2.91. The SMILES string of the molecule is CCCCCCNC(=O)c1ccc(OC)c(S(=O)(=O)N(C)C)c1. The van der Waals surface area contributed by atoms with Crippen LogP contribution in [-0.2, 0) is 10.0 Å². The summed E-state index contributed by atoms with van der Waals surface area (Å²) in [6.45, 7) is 2.71. The molecule has 0 heterocycles. The molecule has 0 aliphatic rings. The van der Waals surface area contributed by atoms with Crippen molar-refractivity contribution in [3.63, 3.8) is 0 Å². The Kier molecular flexibility index (Phi) is 7.51. The van der Waals surface area contributed by atoms with E-state index < -0.39 is 10.0 Å². The van der Waals surface area contributed by atoms with E-state index in [2.05, 4.69) is 12.2 Å². The maximum atomic E-state index is 12.3. The molecule has 1 aromatic rings. The summed E-state index contributed by atoms with van der Waals surface area (Å²) in [5.41, 5.74) is 0.307. The number of hydrogen-bond donors (Lipinski definition) is 1. The Morgan fingerprint density at radius 3 is 2.48 bits per heavy atom. The van der Waals surface area contributed by atoms with Gasteiger partial charge in [0.2, 0.25) is 10.0 Å². The molecule has 0 aliphatic carbocycles. The van der Waals surface area contributed by atoms with Crippen LogP contribution >= 0.6 is 0 Å². The first-order chi connectivity index (χ1) is 10.8. The van der Waals surface area contributed by atoms with E-state index in [1.165, 1.54) is 33.3 Å².